The number of esters is 2. The highest BCUT2D eigenvalue weighted by atomic mass is 16.5. The van der Waals surface area contributed by atoms with E-state index in [0.29, 0.717) is 36.8 Å². The molecule has 14 nitrogen and oxygen atoms in total. The quantitative estimate of drug-likeness (QED) is 0.0860. The lowest BCUT2D eigenvalue weighted by molar-refractivity contribution is -0.0371. The molecule has 2 saturated heterocycles. The van der Waals surface area contributed by atoms with Crippen LogP contribution in [0.25, 0.3) is 0 Å². The number of amides is 6. The molecule has 0 bridgehead atoms. The van der Waals surface area contributed by atoms with Crippen molar-refractivity contribution >= 4 is 47.4 Å². The molecule has 0 spiro atoms. The molecule has 0 unspecified atom stereocenters. The normalized spacial score (nSPS) is 19.6. The summed E-state index contributed by atoms with van der Waals surface area (Å²) in [7, 11) is 0. The number of likely N-dealkylation sites (tertiary alicyclic amines) is 2. The van der Waals surface area contributed by atoms with Gasteiger partial charge in [0.2, 0.25) is 0 Å². The van der Waals surface area contributed by atoms with E-state index in [-0.39, 0.29) is 58.4 Å². The van der Waals surface area contributed by atoms with Gasteiger partial charge in [-0.1, -0.05) is 36.4 Å². The minimum atomic E-state index is -0.729. The largest absolute Gasteiger partial charge is 0.458 e. The SMILES string of the molecule is CC1(C)CC(N2C(=O)c3ccc(C(=O)OCC=CCOC(=O)c4ccc5c(c4)C(=O)N(C4CC(C)(C)N(C(=O)c6ccccc6)C(C)(C)C4)C5=O)cc3C2=O)CC(C)(C)N1C(=O)c1ccccc1. The lowest BCUT2D eigenvalue weighted by atomic mass is 9.76. The van der Waals surface area contributed by atoms with Crippen molar-refractivity contribution in [2.24, 2.45) is 0 Å². The minimum absolute atomic E-state index is 0.0785. The Morgan fingerprint density at radius 3 is 1.09 bits per heavy atom. The summed E-state index contributed by atoms with van der Waals surface area (Å²) in [6.07, 6.45) is 4.42. The highest BCUT2D eigenvalue weighted by Crippen LogP contribution is 2.45. The number of hydrogen-bond acceptors (Lipinski definition) is 10. The molecule has 0 N–H and O–H groups in total. The van der Waals surface area contributed by atoms with Gasteiger partial charge in [-0.3, -0.25) is 38.6 Å². The Hall–Kier alpha value is -7.22. The minimum Gasteiger partial charge on any atom is -0.458 e. The number of benzene rings is 4. The fourth-order valence-electron chi connectivity index (χ4n) is 11.3. The first-order valence-corrected chi connectivity index (χ1v) is 22.9. The van der Waals surface area contributed by atoms with Gasteiger partial charge in [-0.25, -0.2) is 9.59 Å². The molecular formula is C54H56N4O10. The molecule has 0 atom stereocenters. The molecule has 4 aliphatic rings. The second-order valence-corrected chi connectivity index (χ2v) is 20.5. The zero-order valence-corrected chi connectivity index (χ0v) is 39.7. The Kier molecular flexibility index (Phi) is 12.1. The lowest BCUT2D eigenvalue weighted by Gasteiger charge is -2.56. The van der Waals surface area contributed by atoms with Crippen LogP contribution in [0.15, 0.2) is 109 Å². The van der Waals surface area contributed by atoms with E-state index >= 15 is 0 Å². The zero-order valence-electron chi connectivity index (χ0n) is 39.7. The van der Waals surface area contributed by atoms with Gasteiger partial charge in [0, 0.05) is 45.4 Å². The van der Waals surface area contributed by atoms with E-state index < -0.39 is 69.8 Å². The first-order chi connectivity index (χ1) is 32.0. The van der Waals surface area contributed by atoms with Crippen molar-refractivity contribution in [3.8, 4) is 0 Å². The molecule has 0 radical (unpaired) electrons. The van der Waals surface area contributed by atoms with Gasteiger partial charge in [-0.15, -0.1) is 0 Å². The Morgan fingerprint density at radius 1 is 0.456 bits per heavy atom. The average molecular weight is 921 g/mol. The first-order valence-electron chi connectivity index (χ1n) is 22.9. The molecule has 0 aromatic heterocycles. The van der Waals surface area contributed by atoms with E-state index in [1.807, 2.05) is 102 Å². The molecule has 4 aromatic carbocycles. The molecule has 8 rings (SSSR count). The number of carbonyl (C=O) groups excluding carboxylic acids is 8. The van der Waals surface area contributed by atoms with Crippen molar-refractivity contribution in [2.45, 2.75) is 115 Å². The molecule has 4 heterocycles. The highest BCUT2D eigenvalue weighted by Gasteiger charge is 2.54. The number of nitrogens with zero attached hydrogens (tertiary/aromatic N) is 4. The summed E-state index contributed by atoms with van der Waals surface area (Å²) in [4.78, 5) is 115. The third-order valence-corrected chi connectivity index (χ3v) is 13.6. The number of rotatable bonds is 10. The van der Waals surface area contributed by atoms with E-state index in [1.54, 1.807) is 24.3 Å². The molecule has 352 valence electrons. The van der Waals surface area contributed by atoms with Gasteiger partial charge in [0.1, 0.15) is 13.2 Å². The summed E-state index contributed by atoms with van der Waals surface area (Å²) in [6, 6.07) is 25.5. The van der Waals surface area contributed by atoms with Crippen LogP contribution in [-0.2, 0) is 9.47 Å². The third-order valence-electron chi connectivity index (χ3n) is 13.6. The fourth-order valence-corrected chi connectivity index (χ4v) is 11.3. The number of fused-ring (bicyclic) bond motifs is 2. The number of hydrogen-bond donors (Lipinski definition) is 0. The van der Waals surface area contributed by atoms with Crippen LogP contribution < -0.4 is 0 Å². The molecule has 0 aliphatic carbocycles. The van der Waals surface area contributed by atoms with Crippen LogP contribution in [0.5, 0.6) is 0 Å². The maximum Gasteiger partial charge on any atom is 0.338 e. The van der Waals surface area contributed by atoms with Gasteiger partial charge >= 0.3 is 11.9 Å². The van der Waals surface area contributed by atoms with Gasteiger partial charge in [0.05, 0.1) is 33.4 Å². The second kappa shape index (κ2) is 17.5. The van der Waals surface area contributed by atoms with E-state index in [1.165, 1.54) is 58.4 Å². The summed E-state index contributed by atoms with van der Waals surface area (Å²) in [5, 5.41) is 0. The Morgan fingerprint density at radius 2 is 0.765 bits per heavy atom. The Labute approximate surface area is 395 Å². The predicted octanol–water partition coefficient (Wildman–Crippen LogP) is 8.17. The van der Waals surface area contributed by atoms with Gasteiger partial charge in [0.25, 0.3) is 35.4 Å². The van der Waals surface area contributed by atoms with Crippen LogP contribution in [0.3, 0.4) is 0 Å². The van der Waals surface area contributed by atoms with E-state index in [0.717, 1.165) is 0 Å². The summed E-state index contributed by atoms with van der Waals surface area (Å²) < 4.78 is 10.8. The number of carbonyl (C=O) groups is 8. The molecule has 4 aliphatic heterocycles. The van der Waals surface area contributed by atoms with Gasteiger partial charge in [-0.2, -0.15) is 0 Å². The standard InChI is InChI=1S/C54H56N4O10/c1-51(2)29-37(30-52(3,4)57(51)43(59)33-17-11-9-12-18-33)55-45(61)39-23-21-35(27-41(39)47(55)63)49(65)67-25-15-16-26-68-50(66)36-22-24-40-42(28-36)48(64)56(46(40)62)38-31-53(5,6)58(54(7,8)32-38)44(60)34-19-13-10-14-20-34/h9-24,27-28,37-38H,25-26,29-32H2,1-8H3. The fraction of sp³-hybridized carbons (Fsp3) is 0.370. The van der Waals surface area contributed by atoms with E-state index in [4.69, 9.17) is 9.47 Å². The van der Waals surface area contributed by atoms with Gasteiger partial charge in [-0.05, 0) is 154 Å². The summed E-state index contributed by atoms with van der Waals surface area (Å²) in [5.74, 6) is -3.65. The van der Waals surface area contributed by atoms with Crippen LogP contribution in [-0.4, -0.2) is 114 Å². The Balaban J connectivity index is 0.840. The highest BCUT2D eigenvalue weighted by molar-refractivity contribution is 6.23. The van der Waals surface area contributed by atoms with E-state index in [9.17, 15) is 38.4 Å². The van der Waals surface area contributed by atoms with Gasteiger partial charge < -0.3 is 19.3 Å². The Bertz CT molecular complexity index is 2570. The summed E-state index contributed by atoms with van der Waals surface area (Å²) in [6.45, 7) is 15.1. The number of ether oxygens (including phenoxy) is 2. The number of imide groups is 2. The monoisotopic (exact) mass is 920 g/mol. The van der Waals surface area contributed by atoms with Gasteiger partial charge in [0.15, 0.2) is 0 Å². The van der Waals surface area contributed by atoms with Crippen LogP contribution >= 0.6 is 0 Å². The first kappa shape index (κ1) is 47.3. The molecule has 14 heteroatoms. The molecule has 0 saturated carbocycles. The molecule has 2 fully saturated rings. The maximum absolute atomic E-state index is 13.9. The van der Waals surface area contributed by atoms with Crippen molar-refractivity contribution < 1.29 is 47.8 Å². The summed E-state index contributed by atoms with van der Waals surface area (Å²) >= 11 is 0. The second-order valence-electron chi connectivity index (χ2n) is 20.5. The predicted molar refractivity (Wildman–Crippen MR) is 251 cm³/mol. The summed E-state index contributed by atoms with van der Waals surface area (Å²) in [5.41, 5.74) is -0.972. The molecule has 68 heavy (non-hydrogen) atoms. The third kappa shape index (κ3) is 8.52. The van der Waals surface area contributed by atoms with Crippen LogP contribution in [0.4, 0.5) is 0 Å². The molecule has 6 amide bonds. The van der Waals surface area contributed by atoms with Crippen molar-refractivity contribution in [2.75, 3.05) is 13.2 Å². The van der Waals surface area contributed by atoms with Crippen molar-refractivity contribution in [3.63, 3.8) is 0 Å². The van der Waals surface area contributed by atoms with Crippen LogP contribution in [0, 0.1) is 0 Å². The number of piperidine rings is 2. The zero-order chi connectivity index (χ0) is 49.1. The van der Waals surface area contributed by atoms with Crippen molar-refractivity contribution in [1.29, 1.82) is 0 Å². The maximum atomic E-state index is 13.9. The topological polar surface area (TPSA) is 168 Å². The van der Waals surface area contributed by atoms with Crippen LogP contribution in [0.2, 0.25) is 0 Å². The smallest absolute Gasteiger partial charge is 0.338 e. The molecule has 4 aromatic rings. The van der Waals surface area contributed by atoms with Crippen molar-refractivity contribution in [3.05, 3.63) is 154 Å². The van der Waals surface area contributed by atoms with Crippen molar-refractivity contribution in [1.82, 2.24) is 19.6 Å². The average Bonchev–Trinajstić information content (AvgIpc) is 3.68. The van der Waals surface area contributed by atoms with Crippen LogP contribution in [0.1, 0.15) is 164 Å². The molecular weight excluding hydrogens is 865 g/mol. The lowest BCUT2D eigenvalue weighted by Crippen LogP contribution is -2.66. The van der Waals surface area contributed by atoms with E-state index in [2.05, 4.69) is 0 Å².